The second-order valence-corrected chi connectivity index (χ2v) is 3.58. The standard InChI is InChI=1S/C10H20N2O/c13-9-8-11-12-10-6-4-2-1-3-5-7-10/h11,13H,1-9H2. The average Bonchev–Trinajstić information content (AvgIpc) is 2.08. The normalized spacial score (nSPS) is 19.0. The number of aliphatic hydroxyl groups excluding tert-OH is 1. The van der Waals surface area contributed by atoms with Crippen LogP contribution in [0.2, 0.25) is 0 Å². The van der Waals surface area contributed by atoms with Crippen molar-refractivity contribution in [2.24, 2.45) is 5.10 Å². The highest BCUT2D eigenvalue weighted by Crippen LogP contribution is 2.14. The van der Waals surface area contributed by atoms with Gasteiger partial charge >= 0.3 is 0 Å². The van der Waals surface area contributed by atoms with Gasteiger partial charge in [-0.3, -0.25) is 0 Å². The van der Waals surface area contributed by atoms with Gasteiger partial charge in [0.25, 0.3) is 0 Å². The fraction of sp³-hybridized carbons (Fsp3) is 0.900. The molecule has 3 heteroatoms. The van der Waals surface area contributed by atoms with E-state index in [1.807, 2.05) is 0 Å². The van der Waals surface area contributed by atoms with Gasteiger partial charge in [-0.1, -0.05) is 19.3 Å². The van der Waals surface area contributed by atoms with Crippen molar-refractivity contribution in [2.75, 3.05) is 13.2 Å². The second-order valence-electron chi connectivity index (χ2n) is 3.58. The van der Waals surface area contributed by atoms with Crippen molar-refractivity contribution in [3.8, 4) is 0 Å². The van der Waals surface area contributed by atoms with Crippen molar-refractivity contribution in [1.29, 1.82) is 0 Å². The maximum absolute atomic E-state index is 8.56. The molecule has 1 fully saturated rings. The Balaban J connectivity index is 2.23. The molecule has 0 aromatic rings. The molecule has 3 nitrogen and oxygen atoms in total. The summed E-state index contributed by atoms with van der Waals surface area (Å²) < 4.78 is 0. The molecule has 0 bridgehead atoms. The molecule has 1 aliphatic rings. The van der Waals surface area contributed by atoms with Gasteiger partial charge < -0.3 is 10.5 Å². The Morgan fingerprint density at radius 3 is 2.31 bits per heavy atom. The molecule has 0 amide bonds. The summed E-state index contributed by atoms with van der Waals surface area (Å²) in [4.78, 5) is 0. The molecule has 1 rings (SSSR count). The van der Waals surface area contributed by atoms with Gasteiger partial charge in [0, 0.05) is 5.71 Å². The van der Waals surface area contributed by atoms with Gasteiger partial charge in [0.15, 0.2) is 0 Å². The van der Waals surface area contributed by atoms with E-state index in [-0.39, 0.29) is 6.61 Å². The molecular weight excluding hydrogens is 164 g/mol. The Morgan fingerprint density at radius 1 is 1.08 bits per heavy atom. The molecule has 0 spiro atoms. The van der Waals surface area contributed by atoms with Crippen LogP contribution in [-0.2, 0) is 0 Å². The lowest BCUT2D eigenvalue weighted by atomic mass is 9.99. The second kappa shape index (κ2) is 6.89. The van der Waals surface area contributed by atoms with Gasteiger partial charge in [-0.15, -0.1) is 0 Å². The summed E-state index contributed by atoms with van der Waals surface area (Å²) in [6, 6.07) is 0. The molecule has 13 heavy (non-hydrogen) atoms. The van der Waals surface area contributed by atoms with E-state index in [0.29, 0.717) is 6.54 Å². The highest BCUT2D eigenvalue weighted by atomic mass is 16.3. The van der Waals surface area contributed by atoms with Crippen LogP contribution in [0.25, 0.3) is 0 Å². The Bertz CT molecular complexity index is 147. The first-order chi connectivity index (χ1) is 6.43. The molecule has 2 N–H and O–H groups in total. The maximum atomic E-state index is 8.56. The lowest BCUT2D eigenvalue weighted by molar-refractivity contribution is 0.293. The molecule has 76 valence electrons. The largest absolute Gasteiger partial charge is 0.394 e. The van der Waals surface area contributed by atoms with Gasteiger partial charge in [-0.25, -0.2) is 0 Å². The van der Waals surface area contributed by atoms with Crippen molar-refractivity contribution >= 4 is 5.71 Å². The highest BCUT2D eigenvalue weighted by molar-refractivity contribution is 5.84. The van der Waals surface area contributed by atoms with Crippen molar-refractivity contribution in [3.05, 3.63) is 0 Å². The first-order valence-electron chi connectivity index (χ1n) is 5.32. The molecule has 0 unspecified atom stereocenters. The Morgan fingerprint density at radius 2 is 1.69 bits per heavy atom. The minimum atomic E-state index is 0.163. The summed E-state index contributed by atoms with van der Waals surface area (Å²) in [5, 5.41) is 12.8. The predicted molar refractivity (Wildman–Crippen MR) is 54.8 cm³/mol. The van der Waals surface area contributed by atoms with Crippen LogP contribution >= 0.6 is 0 Å². The quantitative estimate of drug-likeness (QED) is 0.517. The zero-order valence-corrected chi connectivity index (χ0v) is 8.26. The van der Waals surface area contributed by atoms with Crippen LogP contribution < -0.4 is 5.43 Å². The summed E-state index contributed by atoms with van der Waals surface area (Å²) >= 11 is 0. The van der Waals surface area contributed by atoms with E-state index in [4.69, 9.17) is 5.11 Å². The van der Waals surface area contributed by atoms with Gasteiger partial charge in [0.2, 0.25) is 0 Å². The van der Waals surface area contributed by atoms with E-state index in [2.05, 4.69) is 10.5 Å². The fourth-order valence-electron chi connectivity index (χ4n) is 1.64. The first kappa shape index (κ1) is 10.5. The molecule has 0 aromatic heterocycles. The van der Waals surface area contributed by atoms with E-state index in [1.54, 1.807) is 0 Å². The van der Waals surface area contributed by atoms with Crippen LogP contribution in [0.4, 0.5) is 0 Å². The Labute approximate surface area is 80.2 Å². The molecule has 0 heterocycles. The molecule has 0 aliphatic heterocycles. The minimum absolute atomic E-state index is 0.163. The van der Waals surface area contributed by atoms with Crippen LogP contribution in [0.5, 0.6) is 0 Å². The number of aliphatic hydroxyl groups is 1. The van der Waals surface area contributed by atoms with Gasteiger partial charge in [0.1, 0.15) is 0 Å². The molecule has 1 aliphatic carbocycles. The molecule has 0 atom stereocenters. The van der Waals surface area contributed by atoms with E-state index >= 15 is 0 Å². The van der Waals surface area contributed by atoms with Crippen LogP contribution in [0.3, 0.4) is 0 Å². The number of nitrogens with one attached hydrogen (secondary N) is 1. The van der Waals surface area contributed by atoms with E-state index in [1.165, 1.54) is 37.8 Å². The molecule has 0 saturated heterocycles. The Hall–Kier alpha value is -0.570. The summed E-state index contributed by atoms with van der Waals surface area (Å²) in [6.45, 7) is 0.736. The summed E-state index contributed by atoms with van der Waals surface area (Å²) in [7, 11) is 0. The summed E-state index contributed by atoms with van der Waals surface area (Å²) in [5.74, 6) is 0. The smallest absolute Gasteiger partial charge is 0.0620 e. The average molecular weight is 184 g/mol. The zero-order chi connectivity index (χ0) is 9.36. The van der Waals surface area contributed by atoms with E-state index < -0.39 is 0 Å². The van der Waals surface area contributed by atoms with Crippen LogP contribution in [0.15, 0.2) is 5.10 Å². The first-order valence-corrected chi connectivity index (χ1v) is 5.32. The third kappa shape index (κ3) is 4.88. The topological polar surface area (TPSA) is 44.6 Å². The molecule has 0 aromatic carbocycles. The fourth-order valence-corrected chi connectivity index (χ4v) is 1.64. The number of nitrogens with zero attached hydrogens (tertiary/aromatic N) is 1. The van der Waals surface area contributed by atoms with Gasteiger partial charge in [0.05, 0.1) is 13.2 Å². The van der Waals surface area contributed by atoms with Crippen LogP contribution in [0.1, 0.15) is 44.9 Å². The van der Waals surface area contributed by atoms with Crippen molar-refractivity contribution in [2.45, 2.75) is 44.9 Å². The van der Waals surface area contributed by atoms with Crippen LogP contribution in [0, 0.1) is 0 Å². The van der Waals surface area contributed by atoms with Crippen molar-refractivity contribution in [1.82, 2.24) is 5.43 Å². The number of hydrogen-bond donors (Lipinski definition) is 2. The molecule has 0 radical (unpaired) electrons. The lowest BCUT2D eigenvalue weighted by Gasteiger charge is -2.10. The third-order valence-electron chi connectivity index (χ3n) is 2.39. The maximum Gasteiger partial charge on any atom is 0.0620 e. The Kier molecular flexibility index (Phi) is 5.57. The predicted octanol–water partition coefficient (Wildman–Crippen LogP) is 1.67. The molecular formula is C10H20N2O. The van der Waals surface area contributed by atoms with Crippen molar-refractivity contribution < 1.29 is 5.11 Å². The van der Waals surface area contributed by atoms with Crippen molar-refractivity contribution in [3.63, 3.8) is 0 Å². The van der Waals surface area contributed by atoms with Gasteiger partial charge in [-0.05, 0) is 25.7 Å². The monoisotopic (exact) mass is 184 g/mol. The summed E-state index contributed by atoms with van der Waals surface area (Å²) in [6.07, 6.45) is 8.91. The molecule has 1 saturated carbocycles. The van der Waals surface area contributed by atoms with Crippen LogP contribution in [-0.4, -0.2) is 24.0 Å². The van der Waals surface area contributed by atoms with Gasteiger partial charge in [-0.2, -0.15) is 5.10 Å². The van der Waals surface area contributed by atoms with E-state index in [9.17, 15) is 0 Å². The third-order valence-corrected chi connectivity index (χ3v) is 2.39. The zero-order valence-electron chi connectivity index (χ0n) is 8.26. The minimum Gasteiger partial charge on any atom is -0.394 e. The number of hydrogen-bond acceptors (Lipinski definition) is 3. The highest BCUT2D eigenvalue weighted by Gasteiger charge is 2.03. The van der Waals surface area contributed by atoms with E-state index in [0.717, 1.165) is 12.8 Å². The number of hydrazone groups is 1. The lowest BCUT2D eigenvalue weighted by Crippen LogP contribution is -2.15. The SMILES string of the molecule is OCCNN=C1CCCCCCC1. The summed E-state index contributed by atoms with van der Waals surface area (Å²) in [5.41, 5.74) is 4.18. The number of rotatable bonds is 3.